The third kappa shape index (κ3) is 4.73. The summed E-state index contributed by atoms with van der Waals surface area (Å²) in [5, 5.41) is 26.0. The highest BCUT2D eigenvalue weighted by molar-refractivity contribution is 6.30. The van der Waals surface area contributed by atoms with E-state index in [9.17, 15) is 19.1 Å². The van der Waals surface area contributed by atoms with Gasteiger partial charge in [-0.25, -0.2) is 4.39 Å². The molecular weight excluding hydrogens is 413 g/mol. The van der Waals surface area contributed by atoms with Crippen LogP contribution in [-0.4, -0.2) is 44.7 Å². The van der Waals surface area contributed by atoms with Crippen molar-refractivity contribution in [1.29, 1.82) is 0 Å². The van der Waals surface area contributed by atoms with Gasteiger partial charge in [-0.1, -0.05) is 29.8 Å². The van der Waals surface area contributed by atoms with Gasteiger partial charge in [-0.15, -0.1) is 0 Å². The Bertz CT molecular complexity index is 1120. The van der Waals surface area contributed by atoms with E-state index >= 15 is 0 Å². The van der Waals surface area contributed by atoms with Crippen LogP contribution in [0, 0.1) is 5.82 Å². The fraction of sp³-hybridized carbons (Fsp3) is 0.190. The third-order valence-corrected chi connectivity index (χ3v) is 4.72. The number of aliphatic hydroxyl groups is 2. The standard InChI is InChI=1S/C21H19ClFN3O4/c1-12(19(28)11-27)24-20(29)17-10-18(13-5-7-14(22)8-6-13)25-26(21(17)30)16-4-2-3-15(23)9-16/h2-10,12,19,27-28H,11H2,1H3,(H,24,29)/t12-,19+/m1/s1. The first-order valence-electron chi connectivity index (χ1n) is 9.06. The Labute approximate surface area is 176 Å². The fourth-order valence-electron chi connectivity index (χ4n) is 2.74. The first-order valence-corrected chi connectivity index (χ1v) is 9.44. The van der Waals surface area contributed by atoms with Crippen molar-refractivity contribution < 1.29 is 19.4 Å². The van der Waals surface area contributed by atoms with E-state index in [0.717, 1.165) is 10.7 Å². The summed E-state index contributed by atoms with van der Waals surface area (Å²) in [7, 11) is 0. The zero-order valence-electron chi connectivity index (χ0n) is 15.9. The van der Waals surface area contributed by atoms with Crippen LogP contribution >= 0.6 is 11.6 Å². The fourth-order valence-corrected chi connectivity index (χ4v) is 2.87. The van der Waals surface area contributed by atoms with Gasteiger partial charge in [-0.2, -0.15) is 9.78 Å². The van der Waals surface area contributed by atoms with Crippen molar-refractivity contribution in [3.63, 3.8) is 0 Å². The number of aliphatic hydroxyl groups excluding tert-OH is 2. The molecule has 0 aliphatic carbocycles. The monoisotopic (exact) mass is 431 g/mol. The number of carbonyl (C=O) groups is 1. The van der Waals surface area contributed by atoms with Crippen LogP contribution in [0.3, 0.4) is 0 Å². The molecule has 3 aromatic rings. The molecule has 156 valence electrons. The normalized spacial score (nSPS) is 13.0. The lowest BCUT2D eigenvalue weighted by molar-refractivity contribution is 0.0610. The second kappa shape index (κ2) is 9.17. The van der Waals surface area contributed by atoms with E-state index in [2.05, 4.69) is 10.4 Å². The molecule has 0 aliphatic heterocycles. The lowest BCUT2D eigenvalue weighted by Gasteiger charge is -2.18. The average molecular weight is 432 g/mol. The molecular formula is C21H19ClFN3O4. The molecule has 1 heterocycles. The number of nitrogens with zero attached hydrogens (tertiary/aromatic N) is 2. The van der Waals surface area contributed by atoms with Gasteiger partial charge in [0.1, 0.15) is 11.4 Å². The molecule has 0 spiro atoms. The SMILES string of the molecule is C[C@@H](NC(=O)c1cc(-c2ccc(Cl)cc2)nn(-c2cccc(F)c2)c1=O)[C@@H](O)CO. The molecule has 1 aromatic heterocycles. The van der Waals surface area contributed by atoms with Crippen LogP contribution in [0.25, 0.3) is 16.9 Å². The first-order chi connectivity index (χ1) is 14.3. The summed E-state index contributed by atoms with van der Waals surface area (Å²) >= 11 is 5.93. The topological polar surface area (TPSA) is 104 Å². The molecule has 0 saturated carbocycles. The number of hydrogen-bond acceptors (Lipinski definition) is 5. The molecule has 9 heteroatoms. The van der Waals surface area contributed by atoms with Crippen LogP contribution < -0.4 is 10.9 Å². The number of aromatic nitrogens is 2. The maximum Gasteiger partial charge on any atom is 0.284 e. The van der Waals surface area contributed by atoms with Gasteiger partial charge in [0.15, 0.2) is 0 Å². The van der Waals surface area contributed by atoms with Gasteiger partial charge in [-0.05, 0) is 43.3 Å². The van der Waals surface area contributed by atoms with E-state index in [-0.39, 0.29) is 16.9 Å². The highest BCUT2D eigenvalue weighted by Crippen LogP contribution is 2.20. The number of halogens is 2. The Balaban J connectivity index is 2.14. The molecule has 7 nitrogen and oxygen atoms in total. The number of nitrogens with one attached hydrogen (secondary N) is 1. The van der Waals surface area contributed by atoms with Gasteiger partial charge in [0.25, 0.3) is 11.5 Å². The zero-order chi connectivity index (χ0) is 21.8. The zero-order valence-corrected chi connectivity index (χ0v) is 16.7. The molecule has 1 amide bonds. The molecule has 30 heavy (non-hydrogen) atoms. The van der Waals surface area contributed by atoms with E-state index < -0.39 is 36.0 Å². The second-order valence-electron chi connectivity index (χ2n) is 6.66. The lowest BCUT2D eigenvalue weighted by atomic mass is 10.1. The molecule has 2 atom stereocenters. The van der Waals surface area contributed by atoms with Crippen LogP contribution in [0.4, 0.5) is 4.39 Å². The highest BCUT2D eigenvalue weighted by Gasteiger charge is 2.21. The molecule has 0 saturated heterocycles. The Kier molecular flexibility index (Phi) is 6.61. The second-order valence-corrected chi connectivity index (χ2v) is 7.10. The predicted octanol–water partition coefficient (Wildman–Crippen LogP) is 2.16. The number of amides is 1. The Morgan fingerprint density at radius 2 is 1.93 bits per heavy atom. The molecule has 3 rings (SSSR count). The van der Waals surface area contributed by atoms with Crippen molar-refractivity contribution >= 4 is 17.5 Å². The Hall–Kier alpha value is -3.07. The minimum absolute atomic E-state index is 0.147. The van der Waals surface area contributed by atoms with Crippen LogP contribution in [0.2, 0.25) is 5.02 Å². The number of benzene rings is 2. The minimum atomic E-state index is -1.20. The number of hydrogen-bond donors (Lipinski definition) is 3. The summed E-state index contributed by atoms with van der Waals surface area (Å²) in [6.07, 6.45) is -1.20. The smallest absolute Gasteiger partial charge is 0.284 e. The van der Waals surface area contributed by atoms with Crippen molar-refractivity contribution in [2.45, 2.75) is 19.1 Å². The van der Waals surface area contributed by atoms with Crippen molar-refractivity contribution in [2.75, 3.05) is 6.61 Å². The quantitative estimate of drug-likeness (QED) is 0.555. The molecule has 0 fully saturated rings. The van der Waals surface area contributed by atoms with Crippen LogP contribution in [-0.2, 0) is 0 Å². The van der Waals surface area contributed by atoms with Crippen molar-refractivity contribution in [1.82, 2.24) is 15.1 Å². The summed E-state index contributed by atoms with van der Waals surface area (Å²) in [6.45, 7) is 0.937. The summed E-state index contributed by atoms with van der Waals surface area (Å²) in [6, 6.07) is 12.4. The maximum atomic E-state index is 13.7. The van der Waals surface area contributed by atoms with E-state index in [4.69, 9.17) is 16.7 Å². The number of carbonyl (C=O) groups excluding carboxylic acids is 1. The van der Waals surface area contributed by atoms with Crippen LogP contribution in [0.1, 0.15) is 17.3 Å². The lowest BCUT2D eigenvalue weighted by Crippen LogP contribution is -2.44. The minimum Gasteiger partial charge on any atom is -0.394 e. The Morgan fingerprint density at radius 1 is 1.23 bits per heavy atom. The van der Waals surface area contributed by atoms with Crippen molar-refractivity contribution in [2.24, 2.45) is 0 Å². The predicted molar refractivity (Wildman–Crippen MR) is 110 cm³/mol. The van der Waals surface area contributed by atoms with Crippen LogP contribution in [0.15, 0.2) is 59.4 Å². The van der Waals surface area contributed by atoms with Gasteiger partial charge in [0.05, 0.1) is 30.1 Å². The molecule has 0 radical (unpaired) electrons. The van der Waals surface area contributed by atoms with Crippen molar-refractivity contribution in [3.05, 3.63) is 81.4 Å². The maximum absolute atomic E-state index is 13.7. The van der Waals surface area contributed by atoms with Gasteiger partial charge in [-0.3, -0.25) is 9.59 Å². The first kappa shape index (κ1) is 21.6. The van der Waals surface area contributed by atoms with E-state index in [0.29, 0.717) is 10.6 Å². The van der Waals surface area contributed by atoms with Crippen LogP contribution in [0.5, 0.6) is 0 Å². The molecule has 0 aliphatic rings. The largest absolute Gasteiger partial charge is 0.394 e. The summed E-state index contributed by atoms with van der Waals surface area (Å²) in [5.41, 5.74) is 0.00379. The molecule has 2 aromatic carbocycles. The van der Waals surface area contributed by atoms with E-state index in [1.165, 1.54) is 31.2 Å². The van der Waals surface area contributed by atoms with Crippen molar-refractivity contribution in [3.8, 4) is 16.9 Å². The van der Waals surface area contributed by atoms with Gasteiger partial charge >= 0.3 is 0 Å². The summed E-state index contributed by atoms with van der Waals surface area (Å²) in [4.78, 5) is 25.7. The highest BCUT2D eigenvalue weighted by atomic mass is 35.5. The van der Waals surface area contributed by atoms with E-state index in [1.54, 1.807) is 24.3 Å². The van der Waals surface area contributed by atoms with Gasteiger partial charge in [0.2, 0.25) is 0 Å². The number of rotatable bonds is 6. The third-order valence-electron chi connectivity index (χ3n) is 4.47. The van der Waals surface area contributed by atoms with E-state index in [1.807, 2.05) is 0 Å². The van der Waals surface area contributed by atoms with Gasteiger partial charge < -0.3 is 15.5 Å². The van der Waals surface area contributed by atoms with Gasteiger partial charge in [0, 0.05) is 10.6 Å². The Morgan fingerprint density at radius 3 is 2.57 bits per heavy atom. The molecule has 0 bridgehead atoms. The summed E-state index contributed by atoms with van der Waals surface area (Å²) in [5.74, 6) is -1.33. The molecule has 3 N–H and O–H groups in total. The molecule has 0 unspecified atom stereocenters. The average Bonchev–Trinajstić information content (AvgIpc) is 2.73. The summed E-state index contributed by atoms with van der Waals surface area (Å²) < 4.78 is 14.7.